The quantitative estimate of drug-likeness (QED) is 0.737. The number of anilines is 1. The first-order chi connectivity index (χ1) is 8.46. The third kappa shape index (κ3) is 1.83. The molecule has 1 aliphatic carbocycles. The lowest BCUT2D eigenvalue weighted by Crippen LogP contribution is -2.26. The normalized spacial score (nSPS) is 17.7. The zero-order valence-electron chi connectivity index (χ0n) is 10.7. The molecule has 1 aromatic heterocycles. The molecule has 3 rings (SSSR count). The average molecular weight is 259 g/mol. The minimum atomic E-state index is 0.217. The van der Waals surface area contributed by atoms with E-state index in [4.69, 9.17) is 5.73 Å². The summed E-state index contributed by atoms with van der Waals surface area (Å²) in [6, 6.07) is 5.60. The minimum absolute atomic E-state index is 0.217. The van der Waals surface area contributed by atoms with Crippen LogP contribution in [0.1, 0.15) is 30.7 Å². The summed E-state index contributed by atoms with van der Waals surface area (Å²) in [7, 11) is 0. The van der Waals surface area contributed by atoms with E-state index in [1.54, 1.807) is 11.3 Å². The molecule has 0 saturated carbocycles. The zero-order valence-corrected chi connectivity index (χ0v) is 11.6. The second kappa shape index (κ2) is 3.82. The van der Waals surface area contributed by atoms with E-state index < -0.39 is 0 Å². The molecular weight excluding hydrogens is 242 g/mol. The van der Waals surface area contributed by atoms with Gasteiger partial charge in [-0.15, -0.1) is 11.3 Å². The standard InChI is InChI=1S/C15H17NOS/c1-15(2)6-5-11-13(8-15)18-12-7-9(16)3-4-10(12)14(11)17/h3-4,7H,5-6,8,16H2,1-2H3. The predicted molar refractivity (Wildman–Crippen MR) is 78.3 cm³/mol. The number of hydrogen-bond acceptors (Lipinski definition) is 3. The summed E-state index contributed by atoms with van der Waals surface area (Å²) in [5, 5.41) is 0.827. The molecule has 2 aromatic rings. The van der Waals surface area contributed by atoms with E-state index in [1.165, 1.54) is 4.88 Å². The molecule has 18 heavy (non-hydrogen) atoms. The smallest absolute Gasteiger partial charge is 0.191 e. The van der Waals surface area contributed by atoms with Gasteiger partial charge in [-0.05, 0) is 42.9 Å². The SMILES string of the molecule is CC1(C)CCc2c(sc3cc(N)ccc3c2=O)C1. The van der Waals surface area contributed by atoms with Gasteiger partial charge in [0.2, 0.25) is 0 Å². The van der Waals surface area contributed by atoms with Crippen LogP contribution in [-0.2, 0) is 12.8 Å². The van der Waals surface area contributed by atoms with E-state index in [0.717, 1.165) is 40.6 Å². The second-order valence-corrected chi connectivity index (χ2v) is 7.07. The molecule has 3 heteroatoms. The molecule has 0 spiro atoms. The van der Waals surface area contributed by atoms with Crippen LogP contribution in [0.4, 0.5) is 5.69 Å². The topological polar surface area (TPSA) is 43.1 Å². The molecule has 0 aliphatic heterocycles. The lowest BCUT2D eigenvalue weighted by molar-refractivity contribution is 0.318. The first-order valence-electron chi connectivity index (χ1n) is 6.30. The Morgan fingerprint density at radius 1 is 1.33 bits per heavy atom. The van der Waals surface area contributed by atoms with Crippen molar-refractivity contribution in [1.29, 1.82) is 0 Å². The Hall–Kier alpha value is -1.35. The molecule has 0 radical (unpaired) electrons. The summed E-state index contributed by atoms with van der Waals surface area (Å²) in [4.78, 5) is 13.7. The van der Waals surface area contributed by atoms with E-state index in [2.05, 4.69) is 13.8 Å². The van der Waals surface area contributed by atoms with Crippen molar-refractivity contribution < 1.29 is 0 Å². The fraction of sp³-hybridized carbons (Fsp3) is 0.400. The lowest BCUT2D eigenvalue weighted by atomic mass is 9.77. The van der Waals surface area contributed by atoms with Gasteiger partial charge in [0, 0.05) is 26.2 Å². The molecule has 0 unspecified atom stereocenters. The largest absolute Gasteiger partial charge is 0.399 e. The van der Waals surface area contributed by atoms with Crippen LogP contribution in [-0.4, -0.2) is 0 Å². The molecule has 0 amide bonds. The van der Waals surface area contributed by atoms with Crippen molar-refractivity contribution in [3.05, 3.63) is 38.9 Å². The van der Waals surface area contributed by atoms with Gasteiger partial charge in [-0.25, -0.2) is 0 Å². The molecule has 0 bridgehead atoms. The maximum absolute atomic E-state index is 12.5. The summed E-state index contributed by atoms with van der Waals surface area (Å²) in [6.45, 7) is 4.55. The van der Waals surface area contributed by atoms with Crippen LogP contribution in [0.25, 0.3) is 10.1 Å². The maximum Gasteiger partial charge on any atom is 0.191 e. The number of hydrogen-bond donors (Lipinski definition) is 1. The molecule has 1 aliphatic rings. The van der Waals surface area contributed by atoms with E-state index in [0.29, 0.717) is 5.41 Å². The first kappa shape index (κ1) is 11.7. The van der Waals surface area contributed by atoms with Crippen LogP contribution >= 0.6 is 11.3 Å². The Morgan fingerprint density at radius 2 is 2.11 bits per heavy atom. The number of rotatable bonds is 0. The molecule has 2 N–H and O–H groups in total. The van der Waals surface area contributed by atoms with Gasteiger partial charge in [0.05, 0.1) is 0 Å². The molecule has 0 atom stereocenters. The van der Waals surface area contributed by atoms with Crippen LogP contribution in [0.2, 0.25) is 0 Å². The number of nitrogen functional groups attached to an aromatic ring is 1. The van der Waals surface area contributed by atoms with Gasteiger partial charge in [-0.2, -0.15) is 0 Å². The van der Waals surface area contributed by atoms with E-state index in [-0.39, 0.29) is 5.43 Å². The molecule has 2 nitrogen and oxygen atoms in total. The van der Waals surface area contributed by atoms with Crippen molar-refractivity contribution in [2.75, 3.05) is 5.73 Å². The Morgan fingerprint density at radius 3 is 2.89 bits per heavy atom. The van der Waals surface area contributed by atoms with Crippen LogP contribution in [0, 0.1) is 5.41 Å². The van der Waals surface area contributed by atoms with Gasteiger partial charge in [0.25, 0.3) is 0 Å². The molecule has 94 valence electrons. The van der Waals surface area contributed by atoms with Crippen molar-refractivity contribution in [2.45, 2.75) is 33.1 Å². The molecule has 1 heterocycles. The highest BCUT2D eigenvalue weighted by atomic mass is 32.1. The summed E-state index contributed by atoms with van der Waals surface area (Å²) in [5.41, 5.74) is 8.10. The Kier molecular flexibility index (Phi) is 2.49. The summed E-state index contributed by atoms with van der Waals surface area (Å²) in [6.07, 6.45) is 3.02. The monoisotopic (exact) mass is 259 g/mol. The average Bonchev–Trinajstić information content (AvgIpc) is 2.27. The third-order valence-corrected chi connectivity index (χ3v) is 4.98. The summed E-state index contributed by atoms with van der Waals surface area (Å²) < 4.78 is 1.02. The highest BCUT2D eigenvalue weighted by Crippen LogP contribution is 2.37. The number of fused-ring (bicyclic) bond motifs is 2. The van der Waals surface area contributed by atoms with E-state index in [9.17, 15) is 4.79 Å². The van der Waals surface area contributed by atoms with E-state index in [1.807, 2.05) is 18.2 Å². The number of benzene rings is 1. The van der Waals surface area contributed by atoms with Crippen molar-refractivity contribution in [3.63, 3.8) is 0 Å². The Labute approximate surface area is 110 Å². The molecule has 0 fully saturated rings. The van der Waals surface area contributed by atoms with Crippen molar-refractivity contribution >= 4 is 27.1 Å². The minimum Gasteiger partial charge on any atom is -0.399 e. The van der Waals surface area contributed by atoms with E-state index >= 15 is 0 Å². The molecule has 0 saturated heterocycles. The van der Waals surface area contributed by atoms with Gasteiger partial charge >= 0.3 is 0 Å². The molecular formula is C15H17NOS. The highest BCUT2D eigenvalue weighted by Gasteiger charge is 2.27. The third-order valence-electron chi connectivity index (χ3n) is 3.79. The van der Waals surface area contributed by atoms with Crippen molar-refractivity contribution in [1.82, 2.24) is 0 Å². The maximum atomic E-state index is 12.5. The Balaban J connectivity index is 2.29. The summed E-state index contributed by atoms with van der Waals surface area (Å²) in [5.74, 6) is 0. The molecule has 1 aromatic carbocycles. The van der Waals surface area contributed by atoms with Gasteiger partial charge in [-0.3, -0.25) is 4.79 Å². The van der Waals surface area contributed by atoms with Crippen LogP contribution in [0.5, 0.6) is 0 Å². The predicted octanol–water partition coefficient (Wildman–Crippen LogP) is 3.36. The van der Waals surface area contributed by atoms with Gasteiger partial charge in [0.15, 0.2) is 5.43 Å². The lowest BCUT2D eigenvalue weighted by Gasteiger charge is -2.30. The van der Waals surface area contributed by atoms with Crippen LogP contribution in [0.3, 0.4) is 0 Å². The van der Waals surface area contributed by atoms with Gasteiger partial charge in [0.1, 0.15) is 0 Å². The fourth-order valence-corrected chi connectivity index (χ4v) is 4.19. The first-order valence-corrected chi connectivity index (χ1v) is 7.12. The van der Waals surface area contributed by atoms with Crippen molar-refractivity contribution in [2.24, 2.45) is 5.41 Å². The van der Waals surface area contributed by atoms with Crippen LogP contribution < -0.4 is 11.2 Å². The fourth-order valence-electron chi connectivity index (χ4n) is 2.68. The summed E-state index contributed by atoms with van der Waals surface area (Å²) >= 11 is 1.74. The number of nitrogens with two attached hydrogens (primary N) is 1. The van der Waals surface area contributed by atoms with Crippen LogP contribution in [0.15, 0.2) is 23.0 Å². The highest BCUT2D eigenvalue weighted by molar-refractivity contribution is 7.18. The van der Waals surface area contributed by atoms with Gasteiger partial charge in [-0.1, -0.05) is 13.8 Å². The van der Waals surface area contributed by atoms with Crippen molar-refractivity contribution in [3.8, 4) is 0 Å². The second-order valence-electron chi connectivity index (χ2n) is 5.93. The Bertz CT molecular complexity index is 685. The zero-order chi connectivity index (χ0) is 12.9. The van der Waals surface area contributed by atoms with Gasteiger partial charge < -0.3 is 5.73 Å².